The maximum absolute atomic E-state index is 11.4. The number of nitrogens with zero attached hydrogens (tertiary/aromatic N) is 1. The molecule has 0 rings (SSSR count). The van der Waals surface area contributed by atoms with E-state index in [-0.39, 0.29) is 24.7 Å². The summed E-state index contributed by atoms with van der Waals surface area (Å²) in [6, 6.07) is -0.519. The maximum atomic E-state index is 11.4. The Balaban J connectivity index is 4.26. The summed E-state index contributed by atoms with van der Waals surface area (Å²) >= 11 is 0. The zero-order valence-electron chi connectivity index (χ0n) is 8.82. The highest BCUT2D eigenvalue weighted by Crippen LogP contribution is 2.08. The summed E-state index contributed by atoms with van der Waals surface area (Å²) < 4.78 is 0. The molecule has 1 atom stereocenters. The second-order valence-corrected chi connectivity index (χ2v) is 3.52. The molecule has 0 aliphatic carbocycles. The molecule has 0 aromatic rings. The first-order chi connectivity index (χ1) is 6.54. The minimum Gasteiger partial charge on any atom is -0.335 e. The normalized spacial score (nSPS) is 12.3. The Morgan fingerprint density at radius 2 is 2.07 bits per heavy atom. The van der Waals surface area contributed by atoms with Gasteiger partial charge in [0.15, 0.2) is 0 Å². The van der Waals surface area contributed by atoms with Gasteiger partial charge in [-0.05, 0) is 5.92 Å². The molecular formula is C10H16NO3. The van der Waals surface area contributed by atoms with Crippen LogP contribution in [0.1, 0.15) is 26.7 Å². The Morgan fingerprint density at radius 3 is 2.43 bits per heavy atom. The van der Waals surface area contributed by atoms with Crippen molar-refractivity contribution in [3.63, 3.8) is 0 Å². The van der Waals surface area contributed by atoms with Gasteiger partial charge in [0.1, 0.15) is 12.3 Å². The van der Waals surface area contributed by atoms with Crippen LogP contribution in [0.5, 0.6) is 0 Å². The van der Waals surface area contributed by atoms with Crippen molar-refractivity contribution in [2.24, 2.45) is 5.92 Å². The molecule has 79 valence electrons. The molecule has 0 saturated heterocycles. The van der Waals surface area contributed by atoms with E-state index in [1.54, 1.807) is 7.05 Å². The lowest BCUT2D eigenvalue weighted by molar-refractivity contribution is -0.132. The minimum absolute atomic E-state index is 0.0395. The highest BCUT2D eigenvalue weighted by molar-refractivity contribution is 5.81. The van der Waals surface area contributed by atoms with Crippen molar-refractivity contribution >= 4 is 18.5 Å². The van der Waals surface area contributed by atoms with E-state index in [0.29, 0.717) is 6.29 Å². The molecule has 0 fully saturated rings. The van der Waals surface area contributed by atoms with Gasteiger partial charge in [0, 0.05) is 19.9 Å². The molecule has 0 saturated carbocycles. The number of aldehydes is 1. The van der Waals surface area contributed by atoms with Crippen LogP contribution in [0.4, 0.5) is 0 Å². The molecule has 0 aromatic heterocycles. The van der Waals surface area contributed by atoms with Crippen molar-refractivity contribution in [3.05, 3.63) is 0 Å². The average Bonchev–Trinajstić information content (AvgIpc) is 2.14. The van der Waals surface area contributed by atoms with E-state index in [0.717, 1.165) is 0 Å². The van der Waals surface area contributed by atoms with Gasteiger partial charge < -0.3 is 9.69 Å². The summed E-state index contributed by atoms with van der Waals surface area (Å²) in [6.45, 7) is 3.69. The molecule has 0 heterocycles. The monoisotopic (exact) mass is 198 g/mol. The van der Waals surface area contributed by atoms with Gasteiger partial charge in [0.2, 0.25) is 12.2 Å². The second-order valence-electron chi connectivity index (χ2n) is 3.52. The number of hydrogen-bond acceptors (Lipinski definition) is 3. The average molecular weight is 198 g/mol. The number of rotatable bonds is 6. The molecule has 4 nitrogen and oxygen atoms in total. The Morgan fingerprint density at radius 1 is 1.50 bits per heavy atom. The van der Waals surface area contributed by atoms with Gasteiger partial charge in [-0.2, -0.15) is 0 Å². The SMILES string of the molecule is CC(C)[C@@H]([C]=O)N(C)C(=O)CCC=O. The van der Waals surface area contributed by atoms with E-state index in [1.165, 1.54) is 4.90 Å². The first-order valence-corrected chi connectivity index (χ1v) is 4.61. The summed E-state index contributed by atoms with van der Waals surface area (Å²) in [6.07, 6.45) is 2.88. The van der Waals surface area contributed by atoms with Gasteiger partial charge in [-0.15, -0.1) is 0 Å². The highest BCUT2D eigenvalue weighted by atomic mass is 16.2. The van der Waals surface area contributed by atoms with E-state index < -0.39 is 6.04 Å². The quantitative estimate of drug-likeness (QED) is 0.586. The van der Waals surface area contributed by atoms with Crippen molar-refractivity contribution in [2.45, 2.75) is 32.7 Å². The molecule has 4 heteroatoms. The largest absolute Gasteiger partial charge is 0.335 e. The summed E-state index contributed by atoms with van der Waals surface area (Å²) in [4.78, 5) is 33.4. The van der Waals surface area contributed by atoms with Gasteiger partial charge in [0.25, 0.3) is 0 Å². The lowest BCUT2D eigenvalue weighted by Crippen LogP contribution is -2.41. The van der Waals surface area contributed by atoms with Gasteiger partial charge >= 0.3 is 0 Å². The molecule has 1 radical (unpaired) electrons. The van der Waals surface area contributed by atoms with Crippen LogP contribution in [-0.4, -0.2) is 36.5 Å². The number of carbonyl (C=O) groups excluding carboxylic acids is 3. The third-order valence-electron chi connectivity index (χ3n) is 2.04. The van der Waals surface area contributed by atoms with Crippen LogP contribution >= 0.6 is 0 Å². The first-order valence-electron chi connectivity index (χ1n) is 4.61. The molecule has 0 N–H and O–H groups in total. The summed E-state index contributed by atoms with van der Waals surface area (Å²) in [5.41, 5.74) is 0. The van der Waals surface area contributed by atoms with Gasteiger partial charge in [0.05, 0.1) is 0 Å². The molecule has 0 aliphatic heterocycles. The summed E-state index contributed by atoms with van der Waals surface area (Å²) in [5, 5.41) is 0. The van der Waals surface area contributed by atoms with Gasteiger partial charge in [-0.25, -0.2) is 0 Å². The maximum Gasteiger partial charge on any atom is 0.223 e. The fourth-order valence-electron chi connectivity index (χ4n) is 1.18. The molecular weight excluding hydrogens is 182 g/mol. The number of hydrogen-bond donors (Lipinski definition) is 0. The van der Waals surface area contributed by atoms with Crippen molar-refractivity contribution < 1.29 is 14.4 Å². The fourth-order valence-corrected chi connectivity index (χ4v) is 1.18. The van der Waals surface area contributed by atoms with Crippen LogP contribution in [0.2, 0.25) is 0 Å². The molecule has 0 bridgehead atoms. The zero-order chi connectivity index (χ0) is 11.1. The molecule has 1 amide bonds. The van der Waals surface area contributed by atoms with Crippen LogP contribution in [-0.2, 0) is 14.4 Å². The van der Waals surface area contributed by atoms with Crippen LogP contribution in [0.3, 0.4) is 0 Å². The van der Waals surface area contributed by atoms with Crippen LogP contribution in [0, 0.1) is 5.92 Å². The topological polar surface area (TPSA) is 54.5 Å². The third kappa shape index (κ3) is 3.68. The third-order valence-corrected chi connectivity index (χ3v) is 2.04. The minimum atomic E-state index is -0.519. The molecule has 0 aliphatic rings. The highest BCUT2D eigenvalue weighted by Gasteiger charge is 2.22. The van der Waals surface area contributed by atoms with Gasteiger partial charge in [-0.1, -0.05) is 13.8 Å². The van der Waals surface area contributed by atoms with Gasteiger partial charge in [-0.3, -0.25) is 9.59 Å². The van der Waals surface area contributed by atoms with E-state index in [9.17, 15) is 14.4 Å². The van der Waals surface area contributed by atoms with E-state index in [1.807, 2.05) is 20.1 Å². The molecule has 14 heavy (non-hydrogen) atoms. The first kappa shape index (κ1) is 12.8. The van der Waals surface area contributed by atoms with Crippen molar-refractivity contribution in [1.82, 2.24) is 4.90 Å². The Labute approximate surface area is 84.3 Å². The standard InChI is InChI=1S/C10H16NO3/c1-8(2)9(7-13)11(3)10(14)5-4-6-12/h6,8-9H,4-5H2,1-3H3/t9-/m1/s1. The Bertz CT molecular complexity index is 213. The smallest absolute Gasteiger partial charge is 0.223 e. The Hall–Kier alpha value is -1.19. The van der Waals surface area contributed by atoms with Crippen LogP contribution in [0.15, 0.2) is 0 Å². The number of likely N-dealkylation sites (N-methyl/N-ethyl adjacent to an activating group) is 1. The predicted molar refractivity (Wildman–Crippen MR) is 52.4 cm³/mol. The van der Waals surface area contributed by atoms with E-state index in [4.69, 9.17) is 0 Å². The number of amides is 1. The summed E-state index contributed by atoms with van der Waals surface area (Å²) in [5.74, 6) is -0.156. The van der Waals surface area contributed by atoms with Crippen molar-refractivity contribution in [3.8, 4) is 0 Å². The van der Waals surface area contributed by atoms with E-state index >= 15 is 0 Å². The van der Waals surface area contributed by atoms with E-state index in [2.05, 4.69) is 0 Å². The predicted octanol–water partition coefficient (Wildman–Crippen LogP) is 0.558. The Kier molecular flexibility index (Phi) is 5.76. The molecule has 0 unspecified atom stereocenters. The molecule has 0 aromatic carbocycles. The van der Waals surface area contributed by atoms with Crippen molar-refractivity contribution in [1.29, 1.82) is 0 Å². The van der Waals surface area contributed by atoms with Crippen LogP contribution < -0.4 is 0 Å². The zero-order valence-corrected chi connectivity index (χ0v) is 8.82. The van der Waals surface area contributed by atoms with Crippen LogP contribution in [0.25, 0.3) is 0 Å². The number of carbonyl (C=O) groups is 2. The lowest BCUT2D eigenvalue weighted by Gasteiger charge is -2.25. The molecule has 0 spiro atoms. The lowest BCUT2D eigenvalue weighted by atomic mass is 10.0. The van der Waals surface area contributed by atoms with Crippen molar-refractivity contribution in [2.75, 3.05) is 7.05 Å². The summed E-state index contributed by atoms with van der Waals surface area (Å²) in [7, 11) is 1.56. The second kappa shape index (κ2) is 6.29. The fraction of sp³-hybridized carbons (Fsp3) is 0.700.